The lowest BCUT2D eigenvalue weighted by Crippen LogP contribution is -2.23. The fourth-order valence-electron chi connectivity index (χ4n) is 2.01. The molecule has 0 aromatic rings. The number of carboxylic acid groups (broad SMARTS) is 2. The second-order valence-corrected chi connectivity index (χ2v) is 4.85. The highest BCUT2D eigenvalue weighted by Gasteiger charge is 2.24. The summed E-state index contributed by atoms with van der Waals surface area (Å²) >= 11 is 0. The zero-order valence-corrected chi connectivity index (χ0v) is 11.4. The van der Waals surface area contributed by atoms with Crippen molar-refractivity contribution in [3.05, 3.63) is 0 Å². The van der Waals surface area contributed by atoms with Crippen molar-refractivity contribution in [2.24, 2.45) is 5.92 Å². The van der Waals surface area contributed by atoms with Crippen molar-refractivity contribution in [2.45, 2.75) is 71.1 Å². The average Bonchev–Trinajstić information content (AvgIpc) is 2.36. The van der Waals surface area contributed by atoms with E-state index in [0.717, 1.165) is 12.8 Å². The van der Waals surface area contributed by atoms with Crippen molar-refractivity contribution in [2.75, 3.05) is 0 Å². The standard InChI is InChI=1S/C8H14O4.C6H12/c1-2-3-4-5-6(7(9)10)8(11)12;1-2-4-6-5-3-1/h6H,2-5H2,1H3,(H,9,10)(H,11,12);1-6H2. The molecule has 0 bridgehead atoms. The highest BCUT2D eigenvalue weighted by molar-refractivity contribution is 5.92. The minimum absolute atomic E-state index is 0.235. The molecule has 106 valence electrons. The van der Waals surface area contributed by atoms with E-state index in [-0.39, 0.29) is 6.42 Å². The molecule has 0 atom stereocenters. The van der Waals surface area contributed by atoms with E-state index in [0.29, 0.717) is 6.42 Å². The summed E-state index contributed by atoms with van der Waals surface area (Å²) in [6, 6.07) is 0. The molecule has 18 heavy (non-hydrogen) atoms. The molecule has 0 unspecified atom stereocenters. The molecule has 0 amide bonds. The van der Waals surface area contributed by atoms with Gasteiger partial charge >= 0.3 is 11.9 Å². The van der Waals surface area contributed by atoms with E-state index < -0.39 is 17.9 Å². The molecule has 1 rings (SSSR count). The molecular weight excluding hydrogens is 232 g/mol. The molecule has 0 heterocycles. The molecule has 0 radical (unpaired) electrons. The van der Waals surface area contributed by atoms with Gasteiger partial charge in [-0.1, -0.05) is 64.7 Å². The van der Waals surface area contributed by atoms with Crippen LogP contribution in [-0.4, -0.2) is 22.2 Å². The minimum atomic E-state index is -1.24. The lowest BCUT2D eigenvalue weighted by molar-refractivity contribution is -0.154. The van der Waals surface area contributed by atoms with Crippen LogP contribution >= 0.6 is 0 Å². The van der Waals surface area contributed by atoms with Crippen molar-refractivity contribution in [3.8, 4) is 0 Å². The molecule has 1 fully saturated rings. The van der Waals surface area contributed by atoms with Gasteiger partial charge in [0.15, 0.2) is 5.92 Å². The van der Waals surface area contributed by atoms with Gasteiger partial charge in [0.2, 0.25) is 0 Å². The second-order valence-electron chi connectivity index (χ2n) is 4.85. The molecule has 1 aliphatic rings. The van der Waals surface area contributed by atoms with E-state index >= 15 is 0 Å². The first kappa shape index (κ1) is 16.9. The number of rotatable bonds is 6. The molecule has 4 heteroatoms. The number of carboxylic acids is 2. The van der Waals surface area contributed by atoms with Gasteiger partial charge in [0.05, 0.1) is 0 Å². The number of unbranched alkanes of at least 4 members (excludes halogenated alkanes) is 2. The van der Waals surface area contributed by atoms with Gasteiger partial charge in [-0.2, -0.15) is 0 Å². The highest BCUT2D eigenvalue weighted by Crippen LogP contribution is 2.15. The zero-order chi connectivity index (χ0) is 13.8. The number of hydrogen-bond acceptors (Lipinski definition) is 2. The Kier molecular flexibility index (Phi) is 10.4. The van der Waals surface area contributed by atoms with Crippen LogP contribution in [0.2, 0.25) is 0 Å². The summed E-state index contributed by atoms with van der Waals surface area (Å²) in [6.07, 6.45) is 11.8. The van der Waals surface area contributed by atoms with Gasteiger partial charge in [-0.3, -0.25) is 9.59 Å². The molecule has 0 aromatic heterocycles. The van der Waals surface area contributed by atoms with Crippen LogP contribution in [0.25, 0.3) is 0 Å². The molecule has 1 aliphatic carbocycles. The summed E-state index contributed by atoms with van der Waals surface area (Å²) in [5, 5.41) is 16.9. The summed E-state index contributed by atoms with van der Waals surface area (Å²) in [5.41, 5.74) is 0. The third-order valence-electron chi connectivity index (χ3n) is 3.19. The topological polar surface area (TPSA) is 74.6 Å². The van der Waals surface area contributed by atoms with Gasteiger partial charge in [-0.25, -0.2) is 0 Å². The van der Waals surface area contributed by atoms with E-state index in [2.05, 4.69) is 0 Å². The SMILES string of the molecule is C1CCCCC1.CCCCCC(C(=O)O)C(=O)O. The molecule has 0 spiro atoms. The summed E-state index contributed by atoms with van der Waals surface area (Å²) < 4.78 is 0. The zero-order valence-electron chi connectivity index (χ0n) is 11.4. The Morgan fingerprint density at radius 3 is 1.56 bits per heavy atom. The summed E-state index contributed by atoms with van der Waals surface area (Å²) in [7, 11) is 0. The largest absolute Gasteiger partial charge is 0.481 e. The average molecular weight is 258 g/mol. The van der Waals surface area contributed by atoms with Crippen LogP contribution in [0.5, 0.6) is 0 Å². The molecule has 0 saturated heterocycles. The summed E-state index contributed by atoms with van der Waals surface area (Å²) in [6.45, 7) is 1.98. The van der Waals surface area contributed by atoms with Crippen LogP contribution in [0.15, 0.2) is 0 Å². The molecule has 4 nitrogen and oxygen atoms in total. The molecular formula is C14H26O4. The Labute approximate surface area is 109 Å². The first-order valence-electron chi connectivity index (χ1n) is 7.05. The van der Waals surface area contributed by atoms with E-state index in [1.807, 2.05) is 6.92 Å². The van der Waals surface area contributed by atoms with Crippen LogP contribution in [0, 0.1) is 5.92 Å². The number of carbonyl (C=O) groups is 2. The minimum Gasteiger partial charge on any atom is -0.481 e. The maximum Gasteiger partial charge on any atom is 0.317 e. The van der Waals surface area contributed by atoms with Crippen LogP contribution < -0.4 is 0 Å². The van der Waals surface area contributed by atoms with Gasteiger partial charge in [0, 0.05) is 0 Å². The second kappa shape index (κ2) is 11.1. The van der Waals surface area contributed by atoms with Gasteiger partial charge in [0.1, 0.15) is 0 Å². The Balaban J connectivity index is 0.000000397. The predicted octanol–water partition coefficient (Wildman–Crippen LogP) is 3.69. The Morgan fingerprint density at radius 2 is 1.28 bits per heavy atom. The lowest BCUT2D eigenvalue weighted by atomic mass is 10.0. The first-order valence-corrected chi connectivity index (χ1v) is 7.05. The summed E-state index contributed by atoms with van der Waals surface area (Å²) in [4.78, 5) is 20.7. The van der Waals surface area contributed by atoms with Gasteiger partial charge in [-0.15, -0.1) is 0 Å². The molecule has 1 saturated carbocycles. The van der Waals surface area contributed by atoms with Gasteiger partial charge in [0.25, 0.3) is 0 Å². The van der Waals surface area contributed by atoms with Crippen molar-refractivity contribution >= 4 is 11.9 Å². The van der Waals surface area contributed by atoms with E-state index in [1.54, 1.807) is 0 Å². The fourth-order valence-corrected chi connectivity index (χ4v) is 2.01. The van der Waals surface area contributed by atoms with Crippen molar-refractivity contribution < 1.29 is 19.8 Å². The third-order valence-corrected chi connectivity index (χ3v) is 3.19. The maximum absolute atomic E-state index is 10.4. The number of aliphatic carboxylic acids is 2. The van der Waals surface area contributed by atoms with Crippen molar-refractivity contribution in [1.29, 1.82) is 0 Å². The smallest absolute Gasteiger partial charge is 0.317 e. The molecule has 2 N–H and O–H groups in total. The van der Waals surface area contributed by atoms with E-state index in [1.165, 1.54) is 38.5 Å². The maximum atomic E-state index is 10.4. The lowest BCUT2D eigenvalue weighted by Gasteiger charge is -2.05. The monoisotopic (exact) mass is 258 g/mol. The normalized spacial score (nSPS) is 14.8. The van der Waals surface area contributed by atoms with Crippen LogP contribution in [0.3, 0.4) is 0 Å². The molecule has 0 aromatic carbocycles. The quantitative estimate of drug-likeness (QED) is 0.562. The van der Waals surface area contributed by atoms with Gasteiger partial charge < -0.3 is 10.2 Å². The fraction of sp³-hybridized carbons (Fsp3) is 0.857. The van der Waals surface area contributed by atoms with Gasteiger partial charge in [-0.05, 0) is 6.42 Å². The highest BCUT2D eigenvalue weighted by atomic mass is 16.4. The first-order chi connectivity index (χ1) is 8.59. The van der Waals surface area contributed by atoms with Crippen LogP contribution in [0.1, 0.15) is 71.1 Å². The Bertz CT molecular complexity index is 208. The Morgan fingerprint density at radius 1 is 0.889 bits per heavy atom. The van der Waals surface area contributed by atoms with E-state index in [9.17, 15) is 9.59 Å². The predicted molar refractivity (Wildman–Crippen MR) is 70.6 cm³/mol. The van der Waals surface area contributed by atoms with E-state index in [4.69, 9.17) is 10.2 Å². The molecule has 0 aliphatic heterocycles. The Hall–Kier alpha value is -1.06. The van der Waals surface area contributed by atoms with Crippen LogP contribution in [0.4, 0.5) is 0 Å². The summed E-state index contributed by atoms with van der Waals surface area (Å²) in [5.74, 6) is -3.70. The van der Waals surface area contributed by atoms with Crippen molar-refractivity contribution in [1.82, 2.24) is 0 Å². The van der Waals surface area contributed by atoms with Crippen LogP contribution in [-0.2, 0) is 9.59 Å². The van der Waals surface area contributed by atoms with Crippen molar-refractivity contribution in [3.63, 3.8) is 0 Å². The third kappa shape index (κ3) is 9.02. The number of hydrogen-bond donors (Lipinski definition) is 2.